The average Bonchev–Trinajstić information content (AvgIpc) is 2.93. The molecule has 26 heavy (non-hydrogen) atoms. The highest BCUT2D eigenvalue weighted by atomic mass is 35.5. The zero-order valence-electron chi connectivity index (χ0n) is 15.3. The van der Waals surface area contributed by atoms with Crippen LogP contribution in [0, 0.1) is 19.8 Å². The Hall–Kier alpha value is -1.63. The minimum Gasteiger partial charge on any atom is -0.337 e. The summed E-state index contributed by atoms with van der Waals surface area (Å²) in [6.45, 7) is 7.28. The fourth-order valence-electron chi connectivity index (χ4n) is 3.34. The molecule has 0 bridgehead atoms. The molecule has 0 aromatic carbocycles. The molecule has 3 rings (SSSR count). The number of carbonyl (C=O) groups excluding carboxylic acids is 1. The highest BCUT2D eigenvalue weighted by molar-refractivity contribution is 6.33. The molecule has 2 aromatic rings. The summed E-state index contributed by atoms with van der Waals surface area (Å²) in [6.07, 6.45) is 1.83. The predicted molar refractivity (Wildman–Crippen MR) is 105 cm³/mol. The van der Waals surface area contributed by atoms with Crippen molar-refractivity contribution >= 4 is 29.9 Å². The van der Waals surface area contributed by atoms with Gasteiger partial charge in [0, 0.05) is 24.8 Å². The highest BCUT2D eigenvalue weighted by Crippen LogP contribution is 2.24. The van der Waals surface area contributed by atoms with Crippen molar-refractivity contribution in [1.82, 2.24) is 19.7 Å². The lowest BCUT2D eigenvalue weighted by Gasteiger charge is -2.33. The molecule has 1 unspecified atom stereocenters. The van der Waals surface area contributed by atoms with Crippen LogP contribution >= 0.6 is 24.0 Å². The number of nitrogens with two attached hydrogens (primary N) is 1. The zero-order valence-corrected chi connectivity index (χ0v) is 16.8. The average molecular weight is 398 g/mol. The molecule has 3 heterocycles. The normalized spacial score (nSPS) is 16.3. The smallest absolute Gasteiger partial charge is 0.274 e. The third kappa shape index (κ3) is 4.19. The lowest BCUT2D eigenvalue weighted by Crippen LogP contribution is -2.42. The number of nitrogens with zero attached hydrogens (tertiary/aromatic N) is 4. The van der Waals surface area contributed by atoms with Crippen LogP contribution < -0.4 is 5.73 Å². The molecule has 1 aliphatic rings. The van der Waals surface area contributed by atoms with Crippen molar-refractivity contribution in [2.45, 2.75) is 39.7 Å². The third-order valence-electron chi connectivity index (χ3n) is 4.83. The molecule has 6 nitrogen and oxygen atoms in total. The van der Waals surface area contributed by atoms with Crippen molar-refractivity contribution in [2.24, 2.45) is 11.7 Å². The second-order valence-electron chi connectivity index (χ2n) is 6.83. The van der Waals surface area contributed by atoms with Crippen molar-refractivity contribution in [2.75, 3.05) is 13.1 Å². The molecule has 0 radical (unpaired) electrons. The van der Waals surface area contributed by atoms with Crippen LogP contribution in [0.4, 0.5) is 0 Å². The Kier molecular flexibility index (Phi) is 6.66. The standard InChI is InChI=1S/C18H24ClN5O.ClH/c1-11-10-12(2)24(22-11)16-5-4-15(19)17(21-16)18(25)23-8-6-14(7-9-23)13(3)20;/h4-5,10,13-14H,6-9,20H2,1-3H3;1H. The minimum atomic E-state index is -0.128. The lowest BCUT2D eigenvalue weighted by molar-refractivity contribution is 0.0675. The van der Waals surface area contributed by atoms with Gasteiger partial charge in [0.25, 0.3) is 5.91 Å². The van der Waals surface area contributed by atoms with Crippen LogP contribution in [0.1, 0.15) is 41.6 Å². The van der Waals surface area contributed by atoms with E-state index in [-0.39, 0.29) is 30.0 Å². The molecular weight excluding hydrogens is 373 g/mol. The van der Waals surface area contributed by atoms with E-state index in [1.165, 1.54) is 0 Å². The lowest BCUT2D eigenvalue weighted by atomic mass is 9.91. The summed E-state index contributed by atoms with van der Waals surface area (Å²) < 4.78 is 1.73. The molecule has 2 N–H and O–H groups in total. The second kappa shape index (κ2) is 8.37. The fourth-order valence-corrected chi connectivity index (χ4v) is 3.52. The summed E-state index contributed by atoms with van der Waals surface area (Å²) in [7, 11) is 0. The first-order chi connectivity index (χ1) is 11.9. The van der Waals surface area contributed by atoms with E-state index in [2.05, 4.69) is 10.1 Å². The first-order valence-corrected chi connectivity index (χ1v) is 8.99. The van der Waals surface area contributed by atoms with Crippen molar-refractivity contribution in [3.05, 3.63) is 40.3 Å². The third-order valence-corrected chi connectivity index (χ3v) is 5.14. The second-order valence-corrected chi connectivity index (χ2v) is 7.23. The van der Waals surface area contributed by atoms with E-state index in [1.807, 2.05) is 31.7 Å². The van der Waals surface area contributed by atoms with E-state index in [9.17, 15) is 4.79 Å². The van der Waals surface area contributed by atoms with Crippen LogP contribution in [0.5, 0.6) is 0 Å². The van der Waals surface area contributed by atoms with Gasteiger partial charge in [-0.3, -0.25) is 4.79 Å². The molecule has 0 spiro atoms. The van der Waals surface area contributed by atoms with Gasteiger partial charge in [0.2, 0.25) is 0 Å². The summed E-state index contributed by atoms with van der Waals surface area (Å²) in [5.74, 6) is 0.939. The van der Waals surface area contributed by atoms with Crippen LogP contribution in [0.25, 0.3) is 5.82 Å². The largest absolute Gasteiger partial charge is 0.337 e. The number of hydrogen-bond donors (Lipinski definition) is 1. The van der Waals surface area contributed by atoms with Crippen LogP contribution in [0.15, 0.2) is 18.2 Å². The number of halogens is 2. The highest BCUT2D eigenvalue weighted by Gasteiger charge is 2.27. The maximum atomic E-state index is 12.9. The first-order valence-electron chi connectivity index (χ1n) is 8.62. The molecule has 142 valence electrons. The monoisotopic (exact) mass is 397 g/mol. The summed E-state index contributed by atoms with van der Waals surface area (Å²) in [6, 6.07) is 5.62. The topological polar surface area (TPSA) is 77.0 Å². The number of aromatic nitrogens is 3. The van der Waals surface area contributed by atoms with E-state index in [0.29, 0.717) is 29.8 Å². The Balaban J connectivity index is 0.00000243. The van der Waals surface area contributed by atoms with Gasteiger partial charge in [-0.25, -0.2) is 9.67 Å². The van der Waals surface area contributed by atoms with E-state index in [0.717, 1.165) is 24.2 Å². The number of likely N-dealkylation sites (tertiary alicyclic amines) is 1. The molecular formula is C18H25Cl2N5O. The number of aryl methyl sites for hydroxylation is 2. The Bertz CT molecular complexity index is 782. The van der Waals surface area contributed by atoms with Gasteiger partial charge in [-0.2, -0.15) is 5.10 Å². The van der Waals surface area contributed by atoms with Crippen molar-refractivity contribution < 1.29 is 4.79 Å². The summed E-state index contributed by atoms with van der Waals surface area (Å²) in [5.41, 5.74) is 8.13. The van der Waals surface area contributed by atoms with Crippen LogP contribution in [-0.4, -0.2) is 44.7 Å². The minimum absolute atomic E-state index is 0. The number of pyridine rings is 1. The van der Waals surface area contributed by atoms with Crippen LogP contribution in [0.3, 0.4) is 0 Å². The fraction of sp³-hybridized carbons (Fsp3) is 0.500. The Morgan fingerprint density at radius 1 is 1.31 bits per heavy atom. The first kappa shape index (κ1) is 20.7. The van der Waals surface area contributed by atoms with Gasteiger partial charge in [-0.05, 0) is 57.7 Å². The van der Waals surface area contributed by atoms with Crippen LogP contribution in [-0.2, 0) is 0 Å². The van der Waals surface area contributed by atoms with Crippen LogP contribution in [0.2, 0.25) is 5.02 Å². The molecule has 0 aliphatic carbocycles. The molecule has 1 aliphatic heterocycles. The Morgan fingerprint density at radius 2 is 1.96 bits per heavy atom. The van der Waals surface area contributed by atoms with Crippen molar-refractivity contribution in [3.8, 4) is 5.82 Å². The maximum absolute atomic E-state index is 12.9. The Labute approximate surface area is 165 Å². The molecule has 0 saturated carbocycles. The van der Waals surface area contributed by atoms with E-state index < -0.39 is 0 Å². The summed E-state index contributed by atoms with van der Waals surface area (Å²) in [5, 5.41) is 4.79. The van der Waals surface area contributed by atoms with Gasteiger partial charge in [0.1, 0.15) is 5.69 Å². The van der Waals surface area contributed by atoms with E-state index in [4.69, 9.17) is 17.3 Å². The number of piperidine rings is 1. The molecule has 1 amide bonds. The zero-order chi connectivity index (χ0) is 18.1. The molecule has 2 aromatic heterocycles. The number of carbonyl (C=O) groups is 1. The van der Waals surface area contributed by atoms with Gasteiger partial charge < -0.3 is 10.6 Å². The molecule has 1 atom stereocenters. The van der Waals surface area contributed by atoms with E-state index >= 15 is 0 Å². The quantitative estimate of drug-likeness (QED) is 0.862. The van der Waals surface area contributed by atoms with Crippen molar-refractivity contribution in [3.63, 3.8) is 0 Å². The number of amides is 1. The van der Waals surface area contributed by atoms with Crippen molar-refractivity contribution in [1.29, 1.82) is 0 Å². The number of hydrogen-bond acceptors (Lipinski definition) is 4. The van der Waals surface area contributed by atoms with Gasteiger partial charge >= 0.3 is 0 Å². The number of rotatable bonds is 3. The summed E-state index contributed by atoms with van der Waals surface area (Å²) >= 11 is 6.26. The van der Waals surface area contributed by atoms with Gasteiger partial charge in [-0.1, -0.05) is 11.6 Å². The van der Waals surface area contributed by atoms with E-state index in [1.54, 1.807) is 16.8 Å². The molecule has 8 heteroatoms. The SMILES string of the molecule is Cc1cc(C)n(-c2ccc(Cl)c(C(=O)N3CCC(C(C)N)CC3)n2)n1.Cl. The van der Waals surface area contributed by atoms with Gasteiger partial charge in [-0.15, -0.1) is 12.4 Å². The Morgan fingerprint density at radius 3 is 2.50 bits per heavy atom. The maximum Gasteiger partial charge on any atom is 0.274 e. The van der Waals surface area contributed by atoms with Gasteiger partial charge in [0.15, 0.2) is 5.82 Å². The van der Waals surface area contributed by atoms with Gasteiger partial charge in [0.05, 0.1) is 10.7 Å². The predicted octanol–water partition coefficient (Wildman–Crippen LogP) is 3.16. The molecule has 1 fully saturated rings. The molecule has 1 saturated heterocycles. The summed E-state index contributed by atoms with van der Waals surface area (Å²) in [4.78, 5) is 19.2.